The molecule has 0 aliphatic carbocycles. The molecule has 0 radical (unpaired) electrons. The van der Waals surface area contributed by atoms with Crippen LogP contribution in [0.3, 0.4) is 0 Å². The van der Waals surface area contributed by atoms with E-state index in [4.69, 9.17) is 5.11 Å². The molecule has 0 spiro atoms. The van der Waals surface area contributed by atoms with Gasteiger partial charge in [0.15, 0.2) is 0 Å². The van der Waals surface area contributed by atoms with Gasteiger partial charge in [0.05, 0.1) is 5.92 Å². The van der Waals surface area contributed by atoms with Crippen molar-refractivity contribution < 1.29 is 9.90 Å². The Morgan fingerprint density at radius 2 is 2.00 bits per heavy atom. The first-order valence-electron chi connectivity index (χ1n) is 3.45. The Balaban J connectivity index is 3.93. The molecule has 2 nitrogen and oxygen atoms in total. The van der Waals surface area contributed by atoms with E-state index in [1.165, 1.54) is 0 Å². The highest BCUT2D eigenvalue weighted by Crippen LogP contribution is 2.11. The van der Waals surface area contributed by atoms with Gasteiger partial charge in [-0.05, 0) is 12.8 Å². The molecule has 0 amide bonds. The summed E-state index contributed by atoms with van der Waals surface area (Å²) in [7, 11) is 0. The molecule has 0 saturated carbocycles. The highest BCUT2D eigenvalue weighted by atomic mass is 16.4. The summed E-state index contributed by atoms with van der Waals surface area (Å²) in [5.41, 5.74) is 0. The second-order valence-electron chi connectivity index (χ2n) is 2.51. The molecule has 0 aromatic heterocycles. The summed E-state index contributed by atoms with van der Waals surface area (Å²) in [6, 6.07) is 0. The first kappa shape index (κ1) is 9.21. The predicted octanol–water partition coefficient (Wildman–Crippen LogP) is 1.92. The molecule has 0 rings (SSSR count). The fourth-order valence-electron chi connectivity index (χ4n) is 0.695. The highest BCUT2D eigenvalue weighted by molar-refractivity contribution is 5.70. The summed E-state index contributed by atoms with van der Waals surface area (Å²) in [4.78, 5) is 10.4. The maximum Gasteiger partial charge on any atom is 0.306 e. The zero-order chi connectivity index (χ0) is 8.15. The van der Waals surface area contributed by atoms with Crippen molar-refractivity contribution in [3.05, 3.63) is 12.2 Å². The van der Waals surface area contributed by atoms with Crippen molar-refractivity contribution in [1.29, 1.82) is 0 Å². The number of carboxylic acid groups (broad SMARTS) is 1. The number of allylic oxidation sites excluding steroid dienone is 2. The lowest BCUT2D eigenvalue weighted by Gasteiger charge is -2.09. The maximum absolute atomic E-state index is 10.4. The van der Waals surface area contributed by atoms with Gasteiger partial charge in [-0.15, -0.1) is 0 Å². The molecule has 10 heavy (non-hydrogen) atoms. The minimum absolute atomic E-state index is 0.127. The van der Waals surface area contributed by atoms with Gasteiger partial charge in [0, 0.05) is 0 Å². The van der Waals surface area contributed by atoms with Gasteiger partial charge in [-0.1, -0.05) is 26.0 Å². The summed E-state index contributed by atoms with van der Waals surface area (Å²) in [6.45, 7) is 5.51. The number of carbonyl (C=O) groups is 1. The first-order valence-corrected chi connectivity index (χ1v) is 3.45. The van der Waals surface area contributed by atoms with Crippen molar-refractivity contribution in [2.24, 2.45) is 11.8 Å². The summed E-state index contributed by atoms with van der Waals surface area (Å²) >= 11 is 0. The van der Waals surface area contributed by atoms with Crippen LogP contribution in [0, 0.1) is 11.8 Å². The van der Waals surface area contributed by atoms with Gasteiger partial charge in [0.25, 0.3) is 0 Å². The number of hydrogen-bond acceptors (Lipinski definition) is 1. The molecule has 0 aromatic rings. The summed E-state index contributed by atoms with van der Waals surface area (Å²) < 4.78 is 0. The lowest BCUT2D eigenvalue weighted by molar-refractivity contribution is -0.142. The smallest absolute Gasteiger partial charge is 0.306 e. The van der Waals surface area contributed by atoms with E-state index < -0.39 is 5.97 Å². The predicted molar refractivity (Wildman–Crippen MR) is 40.8 cm³/mol. The van der Waals surface area contributed by atoms with Crippen molar-refractivity contribution in [3.63, 3.8) is 0 Å². The average molecular weight is 142 g/mol. The van der Waals surface area contributed by atoms with Crippen LogP contribution in [0.15, 0.2) is 12.2 Å². The van der Waals surface area contributed by atoms with E-state index in [0.717, 1.165) is 0 Å². The molecule has 0 aliphatic heterocycles. The van der Waals surface area contributed by atoms with Crippen LogP contribution in [0.4, 0.5) is 0 Å². The fourth-order valence-corrected chi connectivity index (χ4v) is 0.695. The molecule has 0 fully saturated rings. The van der Waals surface area contributed by atoms with E-state index in [-0.39, 0.29) is 11.8 Å². The third kappa shape index (κ3) is 2.67. The molecule has 0 aliphatic rings. The second kappa shape index (κ2) is 4.09. The number of aliphatic carboxylic acids is 1. The lowest BCUT2D eigenvalue weighted by Crippen LogP contribution is -2.16. The highest BCUT2D eigenvalue weighted by Gasteiger charge is 2.15. The van der Waals surface area contributed by atoms with Gasteiger partial charge in [0.2, 0.25) is 0 Å². The Morgan fingerprint density at radius 3 is 2.30 bits per heavy atom. The van der Waals surface area contributed by atoms with E-state index in [0.29, 0.717) is 0 Å². The SMILES string of the molecule is C/C=C/C(C)C(C)C(=O)O. The van der Waals surface area contributed by atoms with Crippen LogP contribution in [0.25, 0.3) is 0 Å². The molecule has 2 heteroatoms. The molecule has 0 aromatic carbocycles. The van der Waals surface area contributed by atoms with Crippen molar-refractivity contribution >= 4 is 5.97 Å². The van der Waals surface area contributed by atoms with E-state index in [2.05, 4.69) is 0 Å². The van der Waals surface area contributed by atoms with Gasteiger partial charge in [-0.2, -0.15) is 0 Å². The largest absolute Gasteiger partial charge is 0.481 e. The molecule has 0 heterocycles. The van der Waals surface area contributed by atoms with E-state index in [1.807, 2.05) is 26.0 Å². The fraction of sp³-hybridized carbons (Fsp3) is 0.625. The quantitative estimate of drug-likeness (QED) is 0.611. The van der Waals surface area contributed by atoms with Crippen LogP contribution in [0.2, 0.25) is 0 Å². The van der Waals surface area contributed by atoms with Gasteiger partial charge in [-0.25, -0.2) is 0 Å². The third-order valence-electron chi connectivity index (χ3n) is 1.67. The molecule has 2 atom stereocenters. The van der Waals surface area contributed by atoms with Crippen LogP contribution >= 0.6 is 0 Å². The monoisotopic (exact) mass is 142 g/mol. The van der Waals surface area contributed by atoms with Crippen molar-refractivity contribution in [1.82, 2.24) is 0 Å². The van der Waals surface area contributed by atoms with Crippen molar-refractivity contribution in [2.75, 3.05) is 0 Å². The Hall–Kier alpha value is -0.790. The summed E-state index contributed by atoms with van der Waals surface area (Å²) in [6.07, 6.45) is 3.78. The van der Waals surface area contributed by atoms with E-state index in [1.54, 1.807) is 6.92 Å². The van der Waals surface area contributed by atoms with Crippen LogP contribution in [0.1, 0.15) is 20.8 Å². The van der Waals surface area contributed by atoms with Gasteiger partial charge in [0.1, 0.15) is 0 Å². The Kier molecular flexibility index (Phi) is 3.77. The number of rotatable bonds is 3. The zero-order valence-corrected chi connectivity index (χ0v) is 6.66. The molecular formula is C8H14O2. The molecule has 58 valence electrons. The zero-order valence-electron chi connectivity index (χ0n) is 6.66. The Bertz CT molecular complexity index is 138. The summed E-state index contributed by atoms with van der Waals surface area (Å²) in [5, 5.41) is 8.55. The van der Waals surface area contributed by atoms with E-state index >= 15 is 0 Å². The van der Waals surface area contributed by atoms with Gasteiger partial charge in [-0.3, -0.25) is 4.79 Å². The second-order valence-corrected chi connectivity index (χ2v) is 2.51. The number of carboxylic acids is 1. The maximum atomic E-state index is 10.4. The van der Waals surface area contributed by atoms with E-state index in [9.17, 15) is 4.79 Å². The third-order valence-corrected chi connectivity index (χ3v) is 1.67. The standard InChI is InChI=1S/C8H14O2/c1-4-5-6(2)7(3)8(9)10/h4-7H,1-3H3,(H,9,10)/b5-4+. The van der Waals surface area contributed by atoms with Crippen LogP contribution in [-0.4, -0.2) is 11.1 Å². The summed E-state index contributed by atoms with van der Waals surface area (Å²) in [5.74, 6) is -0.885. The van der Waals surface area contributed by atoms with Crippen LogP contribution in [0.5, 0.6) is 0 Å². The van der Waals surface area contributed by atoms with Crippen molar-refractivity contribution in [2.45, 2.75) is 20.8 Å². The molecular weight excluding hydrogens is 128 g/mol. The van der Waals surface area contributed by atoms with Crippen molar-refractivity contribution in [3.8, 4) is 0 Å². The molecule has 1 N–H and O–H groups in total. The number of hydrogen-bond donors (Lipinski definition) is 1. The lowest BCUT2D eigenvalue weighted by atomic mass is 9.96. The topological polar surface area (TPSA) is 37.3 Å². The van der Waals surface area contributed by atoms with Gasteiger partial charge >= 0.3 is 5.97 Å². The minimum atomic E-state index is -0.731. The minimum Gasteiger partial charge on any atom is -0.481 e. The molecule has 2 unspecified atom stereocenters. The average Bonchev–Trinajstić information content (AvgIpc) is 1.87. The molecule has 0 saturated heterocycles. The normalized spacial score (nSPS) is 17.1. The van der Waals surface area contributed by atoms with Crippen LogP contribution in [-0.2, 0) is 4.79 Å². The molecule has 0 bridgehead atoms. The Labute approximate surface area is 61.6 Å². The van der Waals surface area contributed by atoms with Crippen LogP contribution < -0.4 is 0 Å². The van der Waals surface area contributed by atoms with Gasteiger partial charge < -0.3 is 5.11 Å². The first-order chi connectivity index (χ1) is 4.59. The Morgan fingerprint density at radius 1 is 1.50 bits per heavy atom.